The summed E-state index contributed by atoms with van der Waals surface area (Å²) in [5.41, 5.74) is 5.27. The molecule has 176 valence electrons. The number of hydrogen-bond acceptors (Lipinski definition) is 6. The van der Waals surface area contributed by atoms with Crippen LogP contribution in [0.1, 0.15) is 11.3 Å². The van der Waals surface area contributed by atoms with E-state index in [4.69, 9.17) is 21.3 Å². The molecule has 2 N–H and O–H groups in total. The SMILES string of the molecule is Cn1c(NCc2ccc(Oc3ccc(Cl)cn3)cc2)nc2ccc(NCCc3ccccn3)cc21. The summed E-state index contributed by atoms with van der Waals surface area (Å²) in [5, 5.41) is 7.49. The Morgan fingerprint density at radius 1 is 0.943 bits per heavy atom. The second-order valence-electron chi connectivity index (χ2n) is 8.11. The summed E-state index contributed by atoms with van der Waals surface area (Å²) in [6, 6.07) is 23.6. The molecule has 0 aliphatic carbocycles. The van der Waals surface area contributed by atoms with E-state index in [0.29, 0.717) is 17.4 Å². The predicted octanol–water partition coefficient (Wildman–Crippen LogP) is 6.08. The largest absolute Gasteiger partial charge is 0.439 e. The Balaban J connectivity index is 1.19. The number of nitrogens with zero attached hydrogens (tertiary/aromatic N) is 4. The maximum Gasteiger partial charge on any atom is 0.219 e. The molecule has 0 saturated heterocycles. The van der Waals surface area contributed by atoms with Gasteiger partial charge in [0.05, 0.1) is 16.1 Å². The van der Waals surface area contributed by atoms with Gasteiger partial charge in [-0.1, -0.05) is 29.8 Å². The number of imidazole rings is 1. The number of benzene rings is 2. The first kappa shape index (κ1) is 22.7. The van der Waals surface area contributed by atoms with Gasteiger partial charge in [0.1, 0.15) is 5.75 Å². The molecular formula is C27H25ClN6O. The Morgan fingerprint density at radius 2 is 1.83 bits per heavy atom. The second-order valence-corrected chi connectivity index (χ2v) is 8.55. The first-order valence-electron chi connectivity index (χ1n) is 11.4. The summed E-state index contributed by atoms with van der Waals surface area (Å²) in [7, 11) is 2.02. The van der Waals surface area contributed by atoms with E-state index in [-0.39, 0.29) is 0 Å². The van der Waals surface area contributed by atoms with Crippen LogP contribution in [0.3, 0.4) is 0 Å². The molecule has 3 heterocycles. The summed E-state index contributed by atoms with van der Waals surface area (Å²) in [6.07, 6.45) is 4.26. The Bertz CT molecular complexity index is 1400. The Hall–Kier alpha value is -4.10. The maximum atomic E-state index is 5.87. The maximum absolute atomic E-state index is 5.87. The van der Waals surface area contributed by atoms with Crippen molar-refractivity contribution in [3.05, 3.63) is 101 Å². The molecule has 3 aromatic heterocycles. The molecule has 0 spiro atoms. The predicted molar refractivity (Wildman–Crippen MR) is 140 cm³/mol. The van der Waals surface area contributed by atoms with Gasteiger partial charge in [-0.2, -0.15) is 0 Å². The molecule has 0 fully saturated rings. The lowest BCUT2D eigenvalue weighted by Gasteiger charge is -2.09. The summed E-state index contributed by atoms with van der Waals surface area (Å²) in [4.78, 5) is 13.3. The number of aromatic nitrogens is 4. The number of rotatable bonds is 9. The molecule has 35 heavy (non-hydrogen) atoms. The third kappa shape index (κ3) is 5.70. The minimum absolute atomic E-state index is 0.505. The Morgan fingerprint density at radius 3 is 2.60 bits per heavy atom. The van der Waals surface area contributed by atoms with Crippen molar-refractivity contribution in [3.63, 3.8) is 0 Å². The lowest BCUT2D eigenvalue weighted by atomic mass is 10.2. The molecule has 7 nitrogen and oxygen atoms in total. The number of halogens is 1. The zero-order chi connectivity index (χ0) is 24.0. The van der Waals surface area contributed by atoms with E-state index in [1.807, 2.05) is 61.8 Å². The van der Waals surface area contributed by atoms with Crippen molar-refractivity contribution in [2.75, 3.05) is 17.2 Å². The minimum atomic E-state index is 0.505. The van der Waals surface area contributed by atoms with Gasteiger partial charge < -0.3 is 19.9 Å². The number of fused-ring (bicyclic) bond motifs is 1. The molecule has 0 amide bonds. The van der Waals surface area contributed by atoms with Gasteiger partial charge in [-0.3, -0.25) is 4.98 Å². The van der Waals surface area contributed by atoms with Crippen LogP contribution in [-0.2, 0) is 20.0 Å². The van der Waals surface area contributed by atoms with Crippen molar-refractivity contribution in [3.8, 4) is 11.6 Å². The number of anilines is 2. The lowest BCUT2D eigenvalue weighted by molar-refractivity contribution is 0.463. The number of nitrogens with one attached hydrogen (secondary N) is 2. The quantitative estimate of drug-likeness (QED) is 0.264. The highest BCUT2D eigenvalue weighted by molar-refractivity contribution is 6.30. The number of hydrogen-bond donors (Lipinski definition) is 2. The van der Waals surface area contributed by atoms with Crippen LogP contribution in [0.25, 0.3) is 11.0 Å². The number of ether oxygens (including phenoxy) is 1. The highest BCUT2D eigenvalue weighted by Gasteiger charge is 2.09. The fourth-order valence-corrected chi connectivity index (χ4v) is 3.85. The molecule has 0 saturated carbocycles. The molecule has 2 aromatic carbocycles. The van der Waals surface area contributed by atoms with Crippen LogP contribution >= 0.6 is 11.6 Å². The Labute approximate surface area is 208 Å². The minimum Gasteiger partial charge on any atom is -0.439 e. The van der Waals surface area contributed by atoms with E-state index >= 15 is 0 Å². The van der Waals surface area contributed by atoms with Crippen LogP contribution in [0.15, 0.2) is 85.2 Å². The summed E-state index contributed by atoms with van der Waals surface area (Å²) in [5.74, 6) is 2.04. The van der Waals surface area contributed by atoms with Gasteiger partial charge in [-0.15, -0.1) is 0 Å². The fourth-order valence-electron chi connectivity index (χ4n) is 3.74. The van der Waals surface area contributed by atoms with Crippen molar-refractivity contribution in [2.45, 2.75) is 13.0 Å². The van der Waals surface area contributed by atoms with Gasteiger partial charge in [-0.05, 0) is 54.1 Å². The molecule has 0 atom stereocenters. The molecule has 8 heteroatoms. The van der Waals surface area contributed by atoms with Gasteiger partial charge in [0.2, 0.25) is 11.8 Å². The highest BCUT2D eigenvalue weighted by atomic mass is 35.5. The Kier molecular flexibility index (Phi) is 6.77. The fraction of sp³-hybridized carbons (Fsp3) is 0.148. The van der Waals surface area contributed by atoms with Gasteiger partial charge in [0, 0.05) is 56.4 Å². The monoisotopic (exact) mass is 484 g/mol. The molecule has 0 unspecified atom stereocenters. The van der Waals surface area contributed by atoms with E-state index in [2.05, 4.69) is 37.3 Å². The van der Waals surface area contributed by atoms with Crippen molar-refractivity contribution < 1.29 is 4.74 Å². The standard InChI is InChI=1S/C27H25ClN6O/c1-34-25-16-22(30-15-13-21-4-2-3-14-29-21)8-11-24(25)33-27(34)32-17-19-5-9-23(10-6-19)35-26-12-7-20(28)18-31-26/h2-12,14,16,18,30H,13,15,17H2,1H3,(H,32,33). The number of aryl methyl sites for hydroxylation is 1. The van der Waals surface area contributed by atoms with Crippen molar-refractivity contribution >= 4 is 34.3 Å². The molecular weight excluding hydrogens is 460 g/mol. The van der Waals surface area contributed by atoms with Crippen molar-refractivity contribution in [1.82, 2.24) is 19.5 Å². The van der Waals surface area contributed by atoms with Gasteiger partial charge in [-0.25, -0.2) is 9.97 Å². The average Bonchev–Trinajstić information content (AvgIpc) is 3.20. The topological polar surface area (TPSA) is 76.9 Å². The van der Waals surface area contributed by atoms with Crippen LogP contribution in [0.4, 0.5) is 11.6 Å². The zero-order valence-corrected chi connectivity index (χ0v) is 20.0. The van der Waals surface area contributed by atoms with Crippen LogP contribution in [0.5, 0.6) is 11.6 Å². The first-order chi connectivity index (χ1) is 17.1. The lowest BCUT2D eigenvalue weighted by Crippen LogP contribution is -2.06. The average molecular weight is 485 g/mol. The third-order valence-electron chi connectivity index (χ3n) is 5.61. The summed E-state index contributed by atoms with van der Waals surface area (Å²) >= 11 is 5.87. The summed E-state index contributed by atoms with van der Waals surface area (Å²) < 4.78 is 7.83. The van der Waals surface area contributed by atoms with E-state index in [1.165, 1.54) is 0 Å². The number of pyridine rings is 2. The van der Waals surface area contributed by atoms with Gasteiger partial charge in [0.15, 0.2) is 0 Å². The van der Waals surface area contributed by atoms with Crippen LogP contribution in [0, 0.1) is 0 Å². The van der Waals surface area contributed by atoms with Crippen molar-refractivity contribution in [1.29, 1.82) is 0 Å². The molecule has 0 radical (unpaired) electrons. The van der Waals surface area contributed by atoms with E-state index < -0.39 is 0 Å². The molecule has 5 aromatic rings. The molecule has 0 aliphatic heterocycles. The summed E-state index contributed by atoms with van der Waals surface area (Å²) in [6.45, 7) is 1.46. The molecule has 0 aliphatic rings. The van der Waals surface area contributed by atoms with Crippen LogP contribution in [0.2, 0.25) is 5.02 Å². The molecule has 5 rings (SSSR count). The molecule has 0 bridgehead atoms. The zero-order valence-electron chi connectivity index (χ0n) is 19.3. The van der Waals surface area contributed by atoms with Gasteiger partial charge >= 0.3 is 0 Å². The van der Waals surface area contributed by atoms with E-state index in [0.717, 1.165) is 52.6 Å². The second kappa shape index (κ2) is 10.4. The first-order valence-corrected chi connectivity index (χ1v) is 11.7. The van der Waals surface area contributed by atoms with E-state index in [1.54, 1.807) is 18.3 Å². The van der Waals surface area contributed by atoms with E-state index in [9.17, 15) is 0 Å². The normalized spacial score (nSPS) is 10.9. The third-order valence-corrected chi connectivity index (χ3v) is 5.84. The highest BCUT2D eigenvalue weighted by Crippen LogP contribution is 2.24. The smallest absolute Gasteiger partial charge is 0.219 e. The van der Waals surface area contributed by atoms with Crippen LogP contribution in [-0.4, -0.2) is 26.1 Å². The van der Waals surface area contributed by atoms with Gasteiger partial charge in [0.25, 0.3) is 0 Å². The van der Waals surface area contributed by atoms with Crippen LogP contribution < -0.4 is 15.4 Å². The van der Waals surface area contributed by atoms with Crippen molar-refractivity contribution in [2.24, 2.45) is 7.05 Å².